The van der Waals surface area contributed by atoms with E-state index in [2.05, 4.69) is 41.6 Å². The van der Waals surface area contributed by atoms with Crippen molar-refractivity contribution in [2.45, 2.75) is 20.3 Å². The molecule has 1 aromatic heterocycles. The van der Waals surface area contributed by atoms with Gasteiger partial charge in [0.15, 0.2) is 5.96 Å². The van der Waals surface area contributed by atoms with Crippen molar-refractivity contribution in [2.24, 2.45) is 10.9 Å². The van der Waals surface area contributed by atoms with Crippen LogP contribution >= 0.6 is 0 Å². The van der Waals surface area contributed by atoms with Crippen LogP contribution in [0.25, 0.3) is 11.0 Å². The molecule has 1 heterocycles. The van der Waals surface area contributed by atoms with Crippen LogP contribution in [-0.4, -0.2) is 26.1 Å². The summed E-state index contributed by atoms with van der Waals surface area (Å²) < 4.78 is 5.78. The maximum Gasteiger partial charge on any atom is 0.190 e. The van der Waals surface area contributed by atoms with Gasteiger partial charge in [0, 0.05) is 31.9 Å². The summed E-state index contributed by atoms with van der Waals surface area (Å²) in [7, 11) is 1.79. The van der Waals surface area contributed by atoms with Gasteiger partial charge in [0.25, 0.3) is 0 Å². The first-order chi connectivity index (χ1) is 9.69. The summed E-state index contributed by atoms with van der Waals surface area (Å²) >= 11 is 0. The van der Waals surface area contributed by atoms with Gasteiger partial charge in [-0.2, -0.15) is 0 Å². The van der Waals surface area contributed by atoms with Crippen LogP contribution in [0.3, 0.4) is 0 Å². The Hall–Kier alpha value is -1.97. The molecule has 0 saturated heterocycles. The third-order valence-corrected chi connectivity index (χ3v) is 3.04. The van der Waals surface area contributed by atoms with Gasteiger partial charge in [-0.25, -0.2) is 0 Å². The van der Waals surface area contributed by atoms with Crippen molar-refractivity contribution in [3.8, 4) is 0 Å². The number of nitrogens with one attached hydrogen (secondary N) is 2. The molecule has 0 aliphatic carbocycles. The number of rotatable bonds is 5. The van der Waals surface area contributed by atoms with Crippen molar-refractivity contribution in [1.29, 1.82) is 0 Å². The Morgan fingerprint density at radius 1 is 1.25 bits per heavy atom. The molecule has 1 aromatic carbocycles. The van der Waals surface area contributed by atoms with Crippen molar-refractivity contribution in [3.05, 3.63) is 36.1 Å². The summed E-state index contributed by atoms with van der Waals surface area (Å²) in [6.07, 6.45) is 0.844. The van der Waals surface area contributed by atoms with E-state index < -0.39 is 0 Å². The monoisotopic (exact) mass is 273 g/mol. The van der Waals surface area contributed by atoms with Gasteiger partial charge in [0.2, 0.25) is 0 Å². The molecule has 4 nitrogen and oxygen atoms in total. The zero-order valence-electron chi connectivity index (χ0n) is 12.4. The van der Waals surface area contributed by atoms with Crippen molar-refractivity contribution < 1.29 is 4.42 Å². The summed E-state index contributed by atoms with van der Waals surface area (Å²) in [6.45, 7) is 6.07. The van der Waals surface area contributed by atoms with E-state index in [1.54, 1.807) is 7.05 Å². The fourth-order valence-electron chi connectivity index (χ4n) is 1.99. The molecule has 2 rings (SSSR count). The van der Waals surface area contributed by atoms with Crippen LogP contribution in [0, 0.1) is 5.92 Å². The second-order valence-electron chi connectivity index (χ2n) is 5.27. The van der Waals surface area contributed by atoms with Gasteiger partial charge in [0.1, 0.15) is 11.3 Å². The van der Waals surface area contributed by atoms with E-state index in [4.69, 9.17) is 4.42 Å². The molecule has 2 aromatic rings. The van der Waals surface area contributed by atoms with Crippen LogP contribution < -0.4 is 10.6 Å². The summed E-state index contributed by atoms with van der Waals surface area (Å²) in [5, 5.41) is 7.74. The van der Waals surface area contributed by atoms with Gasteiger partial charge < -0.3 is 15.1 Å². The highest BCUT2D eigenvalue weighted by Crippen LogP contribution is 2.18. The highest BCUT2D eigenvalue weighted by Gasteiger charge is 2.04. The number of guanidine groups is 1. The molecule has 0 bridgehead atoms. The minimum Gasteiger partial charge on any atom is -0.461 e. The topological polar surface area (TPSA) is 49.6 Å². The molecule has 0 amide bonds. The van der Waals surface area contributed by atoms with Crippen LogP contribution in [0.4, 0.5) is 0 Å². The molecule has 2 N–H and O–H groups in total. The fourth-order valence-corrected chi connectivity index (χ4v) is 1.99. The van der Waals surface area contributed by atoms with Gasteiger partial charge >= 0.3 is 0 Å². The predicted molar refractivity (Wildman–Crippen MR) is 84.1 cm³/mol. The van der Waals surface area contributed by atoms with Crippen molar-refractivity contribution in [1.82, 2.24) is 10.6 Å². The zero-order chi connectivity index (χ0) is 14.4. The number of furan rings is 1. The number of para-hydroxylation sites is 1. The Balaban J connectivity index is 1.82. The minimum absolute atomic E-state index is 0.601. The van der Waals surface area contributed by atoms with Gasteiger partial charge in [0.05, 0.1) is 0 Å². The van der Waals surface area contributed by atoms with Crippen LogP contribution in [0.15, 0.2) is 39.7 Å². The number of hydrogen-bond donors (Lipinski definition) is 2. The van der Waals surface area contributed by atoms with Crippen molar-refractivity contribution in [3.63, 3.8) is 0 Å². The average molecular weight is 273 g/mol. The number of benzene rings is 1. The molecule has 20 heavy (non-hydrogen) atoms. The Bertz CT molecular complexity index is 539. The lowest BCUT2D eigenvalue weighted by Crippen LogP contribution is -2.39. The molecule has 108 valence electrons. The molecule has 0 aliphatic heterocycles. The lowest BCUT2D eigenvalue weighted by Gasteiger charge is -2.12. The molecule has 0 atom stereocenters. The molecular formula is C16H23N3O. The first-order valence-corrected chi connectivity index (χ1v) is 7.11. The van der Waals surface area contributed by atoms with Gasteiger partial charge in [-0.05, 0) is 18.1 Å². The Kier molecular flexibility index (Phi) is 5.04. The first-order valence-electron chi connectivity index (χ1n) is 7.11. The molecule has 0 saturated carbocycles. The van der Waals surface area contributed by atoms with Gasteiger partial charge in [-0.3, -0.25) is 4.99 Å². The molecule has 0 unspecified atom stereocenters. The predicted octanol–water partition coefficient (Wildman–Crippen LogP) is 2.80. The van der Waals surface area contributed by atoms with Crippen molar-refractivity contribution in [2.75, 3.05) is 20.1 Å². The van der Waals surface area contributed by atoms with Crippen LogP contribution in [0.1, 0.15) is 19.6 Å². The van der Waals surface area contributed by atoms with Crippen molar-refractivity contribution >= 4 is 16.9 Å². The van der Waals surface area contributed by atoms with Gasteiger partial charge in [-0.15, -0.1) is 0 Å². The summed E-state index contributed by atoms with van der Waals surface area (Å²) in [5.74, 6) is 2.44. The Labute approximate surface area is 120 Å². The Morgan fingerprint density at radius 3 is 2.75 bits per heavy atom. The third-order valence-electron chi connectivity index (χ3n) is 3.04. The zero-order valence-corrected chi connectivity index (χ0v) is 12.4. The fraction of sp³-hybridized carbons (Fsp3) is 0.438. The Morgan fingerprint density at radius 2 is 2.05 bits per heavy atom. The number of aliphatic imine (C=N–C) groups is 1. The van der Waals surface area contributed by atoms with Crippen LogP contribution in [0.5, 0.6) is 0 Å². The normalized spacial score (nSPS) is 12.1. The molecule has 0 aliphatic rings. The van der Waals surface area contributed by atoms with Crippen LogP contribution in [0.2, 0.25) is 0 Å². The van der Waals surface area contributed by atoms with E-state index >= 15 is 0 Å². The van der Waals surface area contributed by atoms with E-state index in [9.17, 15) is 0 Å². The largest absolute Gasteiger partial charge is 0.461 e. The first kappa shape index (κ1) is 14.4. The van der Waals surface area contributed by atoms with Gasteiger partial charge in [-0.1, -0.05) is 32.0 Å². The van der Waals surface area contributed by atoms with E-state index in [1.165, 1.54) is 0 Å². The average Bonchev–Trinajstić information content (AvgIpc) is 2.85. The maximum atomic E-state index is 5.78. The minimum atomic E-state index is 0.601. The second-order valence-corrected chi connectivity index (χ2v) is 5.27. The van der Waals surface area contributed by atoms with E-state index in [-0.39, 0.29) is 0 Å². The lowest BCUT2D eigenvalue weighted by atomic mass is 10.2. The quantitative estimate of drug-likeness (QED) is 0.650. The smallest absolute Gasteiger partial charge is 0.190 e. The van der Waals surface area contributed by atoms with E-state index in [1.807, 2.05) is 18.2 Å². The second kappa shape index (κ2) is 6.98. The molecule has 0 radical (unpaired) electrons. The summed E-state index contributed by atoms with van der Waals surface area (Å²) in [6, 6.07) is 10.2. The summed E-state index contributed by atoms with van der Waals surface area (Å²) in [5.41, 5.74) is 0.949. The van der Waals surface area contributed by atoms with Crippen LogP contribution in [-0.2, 0) is 6.42 Å². The number of fused-ring (bicyclic) bond motifs is 1. The summed E-state index contributed by atoms with van der Waals surface area (Å²) in [4.78, 5) is 4.20. The maximum absolute atomic E-state index is 5.78. The molecule has 4 heteroatoms. The highest BCUT2D eigenvalue weighted by molar-refractivity contribution is 5.79. The van der Waals surface area contributed by atoms with E-state index in [0.29, 0.717) is 5.92 Å². The SMILES string of the molecule is CN=C(NCCc1cc2ccccc2o1)NCC(C)C. The molecule has 0 spiro atoms. The number of nitrogens with zero attached hydrogens (tertiary/aromatic N) is 1. The standard InChI is InChI=1S/C16H23N3O/c1-12(2)11-19-16(17-3)18-9-8-14-10-13-6-4-5-7-15(13)20-14/h4-7,10,12H,8-9,11H2,1-3H3,(H2,17,18,19). The van der Waals surface area contributed by atoms with E-state index in [0.717, 1.165) is 42.2 Å². The number of hydrogen-bond acceptors (Lipinski definition) is 2. The molecule has 0 fully saturated rings. The molecular weight excluding hydrogens is 250 g/mol. The third kappa shape index (κ3) is 4.02. The lowest BCUT2D eigenvalue weighted by molar-refractivity contribution is 0.543. The highest BCUT2D eigenvalue weighted by atomic mass is 16.3.